The van der Waals surface area contributed by atoms with Crippen molar-refractivity contribution in [3.05, 3.63) is 62.5 Å². The second kappa shape index (κ2) is 7.63. The molecule has 0 saturated carbocycles. The predicted molar refractivity (Wildman–Crippen MR) is 101 cm³/mol. The summed E-state index contributed by atoms with van der Waals surface area (Å²) in [4.78, 5) is 15.4. The van der Waals surface area contributed by atoms with Crippen LogP contribution in [0.1, 0.15) is 49.0 Å². The van der Waals surface area contributed by atoms with Crippen LogP contribution >= 0.6 is 11.6 Å². The van der Waals surface area contributed by atoms with Gasteiger partial charge in [-0.3, -0.25) is 9.69 Å². The van der Waals surface area contributed by atoms with E-state index in [2.05, 4.69) is 4.90 Å². The Labute approximate surface area is 153 Å². The van der Waals surface area contributed by atoms with Gasteiger partial charge in [-0.15, -0.1) is 0 Å². The monoisotopic (exact) mass is 360 g/mol. The van der Waals surface area contributed by atoms with Gasteiger partial charge in [-0.2, -0.15) is 0 Å². The number of benzene rings is 1. The number of halogens is 1. The minimum atomic E-state index is -0.247. The summed E-state index contributed by atoms with van der Waals surface area (Å²) in [6.07, 6.45) is 3.43. The number of aryl methyl sites for hydroxylation is 1. The first kappa shape index (κ1) is 18.0. The molecule has 25 heavy (non-hydrogen) atoms. The van der Waals surface area contributed by atoms with Crippen LogP contribution in [0.4, 0.5) is 0 Å². The van der Waals surface area contributed by atoms with Crippen molar-refractivity contribution in [1.29, 1.82) is 0 Å². The van der Waals surface area contributed by atoms with Gasteiger partial charge >= 0.3 is 0 Å². The summed E-state index contributed by atoms with van der Waals surface area (Å²) in [5.74, 6) is 0.0812. The first-order valence-electron chi connectivity index (χ1n) is 8.95. The van der Waals surface area contributed by atoms with Crippen LogP contribution in [0.5, 0.6) is 5.75 Å². The van der Waals surface area contributed by atoms with Crippen molar-refractivity contribution in [2.24, 2.45) is 0 Å². The van der Waals surface area contributed by atoms with Crippen LogP contribution in [0.25, 0.3) is 0 Å². The topological polar surface area (TPSA) is 45.5 Å². The first-order valence-corrected chi connectivity index (χ1v) is 9.33. The van der Waals surface area contributed by atoms with Crippen LogP contribution in [0.2, 0.25) is 5.02 Å². The lowest BCUT2D eigenvalue weighted by atomic mass is 9.94. The summed E-state index contributed by atoms with van der Waals surface area (Å²) in [6.45, 7) is 6.24. The number of hydrogen-bond acceptors (Lipinski definition) is 3. The molecule has 4 nitrogen and oxygen atoms in total. The smallest absolute Gasteiger partial charge is 0.259 e. The van der Waals surface area contributed by atoms with E-state index in [1.54, 1.807) is 10.6 Å². The Kier molecular flexibility index (Phi) is 5.50. The number of nitrogens with zero attached hydrogens (tertiary/aromatic N) is 2. The lowest BCUT2D eigenvalue weighted by Gasteiger charge is -2.35. The van der Waals surface area contributed by atoms with E-state index in [4.69, 9.17) is 11.6 Å². The molecule has 0 spiro atoms. The molecule has 1 aromatic heterocycles. The van der Waals surface area contributed by atoms with E-state index in [1.807, 2.05) is 38.1 Å². The fraction of sp³-hybridized carbons (Fsp3) is 0.450. The summed E-state index contributed by atoms with van der Waals surface area (Å²) in [5, 5.41) is 11.3. The number of hydrogen-bond donors (Lipinski definition) is 1. The molecule has 1 atom stereocenters. The maximum atomic E-state index is 13.1. The normalized spacial score (nSPS) is 16.8. The second-order valence-electron chi connectivity index (χ2n) is 6.68. The van der Waals surface area contributed by atoms with Crippen molar-refractivity contribution in [3.63, 3.8) is 0 Å². The number of aromatic hydroxyl groups is 1. The highest BCUT2D eigenvalue weighted by molar-refractivity contribution is 6.30. The summed E-state index contributed by atoms with van der Waals surface area (Å²) in [6, 6.07) is 9.05. The number of rotatable bonds is 4. The molecule has 1 aromatic carbocycles. The minimum absolute atomic E-state index is 0.0812. The number of pyridine rings is 1. The molecule has 1 fully saturated rings. The molecule has 0 unspecified atom stereocenters. The van der Waals surface area contributed by atoms with Gasteiger partial charge < -0.3 is 9.67 Å². The molecule has 1 aliphatic heterocycles. The summed E-state index contributed by atoms with van der Waals surface area (Å²) < 4.78 is 1.72. The highest BCUT2D eigenvalue weighted by atomic mass is 35.5. The van der Waals surface area contributed by atoms with Gasteiger partial charge in [0.1, 0.15) is 5.75 Å². The van der Waals surface area contributed by atoms with E-state index in [-0.39, 0.29) is 17.4 Å². The molecule has 5 heteroatoms. The largest absolute Gasteiger partial charge is 0.507 e. The highest BCUT2D eigenvalue weighted by Crippen LogP contribution is 2.34. The fourth-order valence-corrected chi connectivity index (χ4v) is 3.93. The molecule has 0 bridgehead atoms. The minimum Gasteiger partial charge on any atom is -0.507 e. The van der Waals surface area contributed by atoms with E-state index >= 15 is 0 Å². The molecule has 0 aliphatic carbocycles. The van der Waals surface area contributed by atoms with Gasteiger partial charge in [0.05, 0.1) is 11.6 Å². The second-order valence-corrected chi connectivity index (χ2v) is 7.12. The molecule has 0 radical (unpaired) electrons. The molecule has 3 rings (SSSR count). The van der Waals surface area contributed by atoms with Crippen LogP contribution in [0.15, 0.2) is 35.1 Å². The Morgan fingerprint density at radius 3 is 2.40 bits per heavy atom. The van der Waals surface area contributed by atoms with Gasteiger partial charge in [0.2, 0.25) is 0 Å². The van der Waals surface area contributed by atoms with E-state index in [0.717, 1.165) is 37.2 Å². The molecule has 134 valence electrons. The molecule has 1 aliphatic rings. The first-order chi connectivity index (χ1) is 12.0. The molecular formula is C20H25ClN2O2. The average molecular weight is 361 g/mol. The highest BCUT2D eigenvalue weighted by Gasteiger charge is 2.29. The van der Waals surface area contributed by atoms with E-state index in [9.17, 15) is 9.90 Å². The summed E-state index contributed by atoms with van der Waals surface area (Å²) in [7, 11) is 0. The molecule has 2 heterocycles. The Hall–Kier alpha value is -1.78. The maximum Gasteiger partial charge on any atom is 0.259 e. The fourth-order valence-electron chi connectivity index (χ4n) is 3.80. The Morgan fingerprint density at radius 2 is 1.80 bits per heavy atom. The van der Waals surface area contributed by atoms with Crippen molar-refractivity contribution in [1.82, 2.24) is 9.47 Å². The third kappa shape index (κ3) is 3.60. The maximum absolute atomic E-state index is 13.1. The van der Waals surface area contributed by atoms with E-state index < -0.39 is 0 Å². The third-order valence-corrected chi connectivity index (χ3v) is 5.31. The Bertz CT molecular complexity index is 793. The standard InChI is InChI=1S/C20H25ClN2O2/c1-3-23-14(2)13-17(24)18(20(23)25)19(22-11-5-4-6-12-22)15-7-9-16(21)10-8-15/h7-10,13,19,24H,3-6,11-12H2,1-2H3/t19-/m0/s1. The van der Waals surface area contributed by atoms with Crippen molar-refractivity contribution in [2.45, 2.75) is 45.7 Å². The van der Waals surface area contributed by atoms with E-state index in [1.165, 1.54) is 6.42 Å². The van der Waals surface area contributed by atoms with Crippen LogP contribution in [0, 0.1) is 6.92 Å². The zero-order valence-electron chi connectivity index (χ0n) is 14.8. The zero-order chi connectivity index (χ0) is 18.0. The summed E-state index contributed by atoms with van der Waals surface area (Å²) >= 11 is 6.05. The van der Waals surface area contributed by atoms with Crippen molar-refractivity contribution >= 4 is 11.6 Å². The molecular weight excluding hydrogens is 336 g/mol. The number of likely N-dealkylation sites (tertiary alicyclic amines) is 1. The number of aromatic nitrogens is 1. The van der Waals surface area contributed by atoms with Gasteiger partial charge in [-0.05, 0) is 63.5 Å². The van der Waals surface area contributed by atoms with Crippen LogP contribution in [-0.2, 0) is 6.54 Å². The van der Waals surface area contributed by atoms with Crippen LogP contribution in [0.3, 0.4) is 0 Å². The lowest BCUT2D eigenvalue weighted by Crippen LogP contribution is -2.38. The average Bonchev–Trinajstić information content (AvgIpc) is 2.60. The molecule has 2 aromatic rings. The van der Waals surface area contributed by atoms with Crippen LogP contribution in [-0.4, -0.2) is 27.7 Å². The Morgan fingerprint density at radius 1 is 1.16 bits per heavy atom. The Balaban J connectivity index is 2.18. The molecule has 0 amide bonds. The SMILES string of the molecule is CCn1c(C)cc(O)c([C@H](c2ccc(Cl)cc2)N2CCCCC2)c1=O. The number of piperidine rings is 1. The molecule has 1 saturated heterocycles. The molecule has 1 N–H and O–H groups in total. The van der Waals surface area contributed by atoms with Crippen molar-refractivity contribution in [3.8, 4) is 5.75 Å². The zero-order valence-corrected chi connectivity index (χ0v) is 15.6. The lowest BCUT2D eigenvalue weighted by molar-refractivity contribution is 0.183. The van der Waals surface area contributed by atoms with E-state index in [0.29, 0.717) is 17.1 Å². The van der Waals surface area contributed by atoms with Gasteiger partial charge in [-0.1, -0.05) is 30.2 Å². The van der Waals surface area contributed by atoms with Crippen molar-refractivity contribution < 1.29 is 5.11 Å². The quantitative estimate of drug-likeness (QED) is 0.892. The third-order valence-electron chi connectivity index (χ3n) is 5.05. The van der Waals surface area contributed by atoms with Gasteiger partial charge in [-0.25, -0.2) is 0 Å². The van der Waals surface area contributed by atoms with Gasteiger partial charge in [0.15, 0.2) is 0 Å². The van der Waals surface area contributed by atoms with Gasteiger partial charge in [0.25, 0.3) is 5.56 Å². The predicted octanol–water partition coefficient (Wildman–Crippen LogP) is 4.11. The summed E-state index contributed by atoms with van der Waals surface area (Å²) in [5.41, 5.74) is 2.13. The van der Waals surface area contributed by atoms with Crippen molar-refractivity contribution in [2.75, 3.05) is 13.1 Å². The van der Waals surface area contributed by atoms with Crippen LogP contribution < -0.4 is 5.56 Å². The van der Waals surface area contributed by atoms with Gasteiger partial charge in [0, 0.05) is 17.3 Å².